The summed E-state index contributed by atoms with van der Waals surface area (Å²) in [5, 5.41) is 1.04. The lowest BCUT2D eigenvalue weighted by molar-refractivity contribution is 0.0284. The summed E-state index contributed by atoms with van der Waals surface area (Å²) in [6, 6.07) is 9.63. The summed E-state index contributed by atoms with van der Waals surface area (Å²) in [6.07, 6.45) is 0.650. The van der Waals surface area contributed by atoms with E-state index in [1.54, 1.807) is 12.0 Å². The SMILES string of the molecule is COc1ccc2ccc(OCC3CCN(C(=O)OC(C)(C)C)C3)nc2c1. The number of methoxy groups -OCH3 is 1. The summed E-state index contributed by atoms with van der Waals surface area (Å²) in [4.78, 5) is 18.4. The Labute approximate surface area is 154 Å². The van der Waals surface area contributed by atoms with Crippen molar-refractivity contribution in [3.05, 3.63) is 30.3 Å². The van der Waals surface area contributed by atoms with Crippen molar-refractivity contribution in [2.75, 3.05) is 26.8 Å². The number of carbonyl (C=O) groups excluding carboxylic acids is 1. The summed E-state index contributed by atoms with van der Waals surface area (Å²) >= 11 is 0. The molecule has 0 bridgehead atoms. The second-order valence-corrected chi connectivity index (χ2v) is 7.60. The van der Waals surface area contributed by atoms with Gasteiger partial charge < -0.3 is 19.1 Å². The highest BCUT2D eigenvalue weighted by molar-refractivity contribution is 5.80. The summed E-state index contributed by atoms with van der Waals surface area (Å²) in [6.45, 7) is 7.51. The third-order valence-electron chi connectivity index (χ3n) is 4.28. The van der Waals surface area contributed by atoms with Gasteiger partial charge in [0, 0.05) is 36.5 Å². The van der Waals surface area contributed by atoms with Gasteiger partial charge in [0.15, 0.2) is 0 Å². The van der Waals surface area contributed by atoms with Crippen molar-refractivity contribution in [2.45, 2.75) is 32.8 Å². The van der Waals surface area contributed by atoms with Crippen molar-refractivity contribution in [1.82, 2.24) is 9.88 Å². The van der Waals surface area contributed by atoms with Gasteiger partial charge >= 0.3 is 6.09 Å². The Morgan fingerprint density at radius 1 is 1.27 bits per heavy atom. The molecule has 0 N–H and O–H groups in total. The van der Waals surface area contributed by atoms with E-state index in [1.165, 1.54) is 0 Å². The number of benzene rings is 1. The molecule has 1 atom stereocenters. The topological polar surface area (TPSA) is 60.9 Å². The van der Waals surface area contributed by atoms with Gasteiger partial charge in [-0.2, -0.15) is 0 Å². The molecule has 1 saturated heterocycles. The Bertz CT molecular complexity index is 785. The normalized spacial score (nSPS) is 17.4. The van der Waals surface area contributed by atoms with Crippen LogP contribution in [0.2, 0.25) is 0 Å². The summed E-state index contributed by atoms with van der Waals surface area (Å²) in [5.74, 6) is 1.64. The molecule has 3 rings (SSSR count). The van der Waals surface area contributed by atoms with Crippen molar-refractivity contribution >= 4 is 17.0 Å². The molecule has 1 aliphatic heterocycles. The monoisotopic (exact) mass is 358 g/mol. The second kappa shape index (κ2) is 7.40. The number of hydrogen-bond acceptors (Lipinski definition) is 5. The van der Waals surface area contributed by atoms with Crippen LogP contribution in [0, 0.1) is 5.92 Å². The molecule has 1 aliphatic rings. The number of fused-ring (bicyclic) bond motifs is 1. The average Bonchev–Trinajstić information content (AvgIpc) is 3.07. The van der Waals surface area contributed by atoms with Crippen molar-refractivity contribution < 1.29 is 19.0 Å². The molecule has 0 aliphatic carbocycles. The van der Waals surface area contributed by atoms with E-state index >= 15 is 0 Å². The molecule has 0 saturated carbocycles. The van der Waals surface area contributed by atoms with Gasteiger partial charge in [0.2, 0.25) is 5.88 Å². The van der Waals surface area contributed by atoms with Gasteiger partial charge in [0.1, 0.15) is 11.4 Å². The first-order valence-electron chi connectivity index (χ1n) is 8.89. The highest BCUT2D eigenvalue weighted by Gasteiger charge is 2.30. The smallest absolute Gasteiger partial charge is 0.410 e. The van der Waals surface area contributed by atoms with Gasteiger partial charge in [-0.1, -0.05) is 0 Å². The first-order valence-corrected chi connectivity index (χ1v) is 8.89. The van der Waals surface area contributed by atoms with E-state index in [4.69, 9.17) is 14.2 Å². The molecule has 1 amide bonds. The zero-order valence-corrected chi connectivity index (χ0v) is 15.8. The minimum Gasteiger partial charge on any atom is -0.497 e. The van der Waals surface area contributed by atoms with Crippen molar-refractivity contribution in [3.8, 4) is 11.6 Å². The van der Waals surface area contributed by atoms with E-state index in [-0.39, 0.29) is 12.0 Å². The van der Waals surface area contributed by atoms with Crippen molar-refractivity contribution in [3.63, 3.8) is 0 Å². The van der Waals surface area contributed by atoms with E-state index < -0.39 is 5.60 Å². The molecule has 0 radical (unpaired) electrons. The van der Waals surface area contributed by atoms with E-state index in [0.717, 1.165) is 23.1 Å². The predicted molar refractivity (Wildman–Crippen MR) is 99.7 cm³/mol. The number of ether oxygens (including phenoxy) is 3. The Morgan fingerprint density at radius 3 is 2.77 bits per heavy atom. The third kappa shape index (κ3) is 4.56. The average molecular weight is 358 g/mol. The molecule has 140 valence electrons. The summed E-state index contributed by atoms with van der Waals surface area (Å²) < 4.78 is 16.5. The maximum absolute atomic E-state index is 12.1. The summed E-state index contributed by atoms with van der Waals surface area (Å²) in [7, 11) is 1.64. The Hall–Kier alpha value is -2.50. The van der Waals surface area contributed by atoms with Crippen molar-refractivity contribution in [2.24, 2.45) is 5.92 Å². The molecule has 1 aromatic heterocycles. The van der Waals surface area contributed by atoms with Crippen LogP contribution in [-0.2, 0) is 4.74 Å². The second-order valence-electron chi connectivity index (χ2n) is 7.60. The fourth-order valence-electron chi connectivity index (χ4n) is 2.95. The van der Waals surface area contributed by atoms with Gasteiger partial charge in [0.05, 0.1) is 19.2 Å². The Kier molecular flexibility index (Phi) is 5.20. The zero-order valence-electron chi connectivity index (χ0n) is 15.8. The molecule has 2 heterocycles. The van der Waals surface area contributed by atoms with Crippen LogP contribution < -0.4 is 9.47 Å². The molecule has 1 unspecified atom stereocenters. The maximum atomic E-state index is 12.1. The number of nitrogens with zero attached hydrogens (tertiary/aromatic N) is 2. The van der Waals surface area contributed by atoms with Gasteiger partial charge in [-0.05, 0) is 45.4 Å². The quantitative estimate of drug-likeness (QED) is 0.830. The molecule has 2 aromatic rings. The number of aromatic nitrogens is 1. The lowest BCUT2D eigenvalue weighted by Gasteiger charge is -2.24. The number of carbonyl (C=O) groups is 1. The largest absolute Gasteiger partial charge is 0.497 e. The van der Waals surface area contributed by atoms with E-state index in [2.05, 4.69) is 4.98 Å². The van der Waals surface area contributed by atoms with Gasteiger partial charge in [-0.3, -0.25) is 0 Å². The molecule has 6 heteroatoms. The van der Waals surface area contributed by atoms with Gasteiger partial charge in [-0.25, -0.2) is 9.78 Å². The lowest BCUT2D eigenvalue weighted by atomic mass is 10.1. The third-order valence-corrected chi connectivity index (χ3v) is 4.28. The van der Waals surface area contributed by atoms with Crippen LogP contribution in [0.15, 0.2) is 30.3 Å². The van der Waals surface area contributed by atoms with Crippen LogP contribution >= 0.6 is 0 Å². The lowest BCUT2D eigenvalue weighted by Crippen LogP contribution is -2.35. The minimum absolute atomic E-state index is 0.254. The van der Waals surface area contributed by atoms with Gasteiger partial charge in [0.25, 0.3) is 0 Å². The van der Waals surface area contributed by atoms with E-state index in [0.29, 0.717) is 25.6 Å². The van der Waals surface area contributed by atoms with Crippen LogP contribution in [0.4, 0.5) is 4.79 Å². The molecular formula is C20H26N2O4. The molecule has 26 heavy (non-hydrogen) atoms. The van der Waals surface area contributed by atoms with Crippen LogP contribution in [-0.4, -0.2) is 48.4 Å². The van der Waals surface area contributed by atoms with Crippen LogP contribution in [0.25, 0.3) is 10.9 Å². The Morgan fingerprint density at radius 2 is 2.04 bits per heavy atom. The molecule has 6 nitrogen and oxygen atoms in total. The molecular weight excluding hydrogens is 332 g/mol. The first kappa shape index (κ1) is 18.3. The number of likely N-dealkylation sites (tertiary alicyclic amines) is 1. The molecule has 1 aromatic carbocycles. The maximum Gasteiger partial charge on any atom is 0.410 e. The summed E-state index contributed by atoms with van der Waals surface area (Å²) in [5.41, 5.74) is 0.366. The van der Waals surface area contributed by atoms with E-state index in [1.807, 2.05) is 51.1 Å². The molecule has 1 fully saturated rings. The standard InChI is InChI=1S/C20H26N2O4/c1-20(2,3)26-19(23)22-10-9-14(12-22)13-25-18-8-6-15-5-7-16(24-4)11-17(15)21-18/h5-8,11,14H,9-10,12-13H2,1-4H3. The van der Waals surface area contributed by atoms with Gasteiger partial charge in [-0.15, -0.1) is 0 Å². The minimum atomic E-state index is -0.470. The Balaban J connectivity index is 1.56. The number of amides is 1. The number of pyridine rings is 1. The number of rotatable bonds is 4. The van der Waals surface area contributed by atoms with E-state index in [9.17, 15) is 4.79 Å². The molecule has 0 spiro atoms. The van der Waals surface area contributed by atoms with Crippen LogP contribution in [0.5, 0.6) is 11.6 Å². The van der Waals surface area contributed by atoms with Crippen LogP contribution in [0.3, 0.4) is 0 Å². The first-order chi connectivity index (χ1) is 12.3. The van der Waals surface area contributed by atoms with Crippen molar-refractivity contribution in [1.29, 1.82) is 0 Å². The zero-order chi connectivity index (χ0) is 18.7. The van der Waals surface area contributed by atoms with Crippen LogP contribution in [0.1, 0.15) is 27.2 Å². The fourth-order valence-corrected chi connectivity index (χ4v) is 2.95. The highest BCUT2D eigenvalue weighted by Crippen LogP contribution is 2.23. The fraction of sp³-hybridized carbons (Fsp3) is 0.500. The predicted octanol–water partition coefficient (Wildman–Crippen LogP) is 3.88. The number of hydrogen-bond donors (Lipinski definition) is 0. The highest BCUT2D eigenvalue weighted by atomic mass is 16.6.